The van der Waals surface area contributed by atoms with Gasteiger partial charge in [0, 0.05) is 38.9 Å². The molecule has 2 aromatic heterocycles. The number of para-hydroxylation sites is 2. The highest BCUT2D eigenvalue weighted by atomic mass is 15.3. The van der Waals surface area contributed by atoms with E-state index in [0.717, 1.165) is 49.7 Å². The van der Waals surface area contributed by atoms with Crippen LogP contribution in [0.1, 0.15) is 29.8 Å². The summed E-state index contributed by atoms with van der Waals surface area (Å²) in [6, 6.07) is 18.3. The predicted octanol–water partition coefficient (Wildman–Crippen LogP) is 3.56. The van der Waals surface area contributed by atoms with Gasteiger partial charge in [0.05, 0.1) is 40.7 Å². The van der Waals surface area contributed by atoms with Crippen molar-refractivity contribution in [1.29, 1.82) is 5.26 Å². The molecule has 156 valence electrons. The fraction of sp³-hybridized carbons (Fsp3) is 0.292. The SMILES string of the molecule is CC(c1ccc(C#N)cc1)n1cncc1CN1CCN(c2nc3ccccc3[nH]2)CC1. The molecule has 0 spiro atoms. The van der Waals surface area contributed by atoms with Crippen molar-refractivity contribution >= 4 is 17.0 Å². The third kappa shape index (κ3) is 3.90. The first kappa shape index (κ1) is 19.3. The minimum absolute atomic E-state index is 0.169. The van der Waals surface area contributed by atoms with Gasteiger partial charge in [-0.1, -0.05) is 24.3 Å². The summed E-state index contributed by atoms with van der Waals surface area (Å²) in [5.74, 6) is 0.959. The van der Waals surface area contributed by atoms with Gasteiger partial charge >= 0.3 is 0 Å². The van der Waals surface area contributed by atoms with Crippen molar-refractivity contribution in [3.05, 3.63) is 77.9 Å². The molecule has 31 heavy (non-hydrogen) atoms. The van der Waals surface area contributed by atoms with Crippen molar-refractivity contribution < 1.29 is 0 Å². The summed E-state index contributed by atoms with van der Waals surface area (Å²) in [6.45, 7) is 6.89. The zero-order valence-electron chi connectivity index (χ0n) is 17.6. The lowest BCUT2D eigenvalue weighted by Crippen LogP contribution is -2.46. The van der Waals surface area contributed by atoms with Crippen LogP contribution in [0.15, 0.2) is 61.1 Å². The Morgan fingerprint density at radius 2 is 1.84 bits per heavy atom. The molecule has 1 unspecified atom stereocenters. The van der Waals surface area contributed by atoms with Gasteiger partial charge in [0.15, 0.2) is 0 Å². The first-order valence-corrected chi connectivity index (χ1v) is 10.6. The second-order valence-electron chi connectivity index (χ2n) is 8.04. The molecular formula is C24H25N7. The lowest BCUT2D eigenvalue weighted by molar-refractivity contribution is 0.242. The molecule has 0 saturated carbocycles. The third-order valence-corrected chi connectivity index (χ3v) is 6.12. The summed E-state index contributed by atoms with van der Waals surface area (Å²) in [7, 11) is 0. The number of aromatic nitrogens is 4. The molecule has 7 nitrogen and oxygen atoms in total. The highest BCUT2D eigenvalue weighted by Crippen LogP contribution is 2.22. The Bertz CT molecular complexity index is 1170. The summed E-state index contributed by atoms with van der Waals surface area (Å²) >= 11 is 0. The second-order valence-corrected chi connectivity index (χ2v) is 8.04. The molecular weight excluding hydrogens is 386 g/mol. The third-order valence-electron chi connectivity index (χ3n) is 6.12. The Kier molecular flexibility index (Phi) is 5.14. The minimum Gasteiger partial charge on any atom is -0.340 e. The average molecular weight is 412 g/mol. The number of hydrogen-bond donors (Lipinski definition) is 1. The molecule has 3 heterocycles. The smallest absolute Gasteiger partial charge is 0.203 e. The standard InChI is InChI=1S/C24H25N7/c1-18(20-8-6-19(14-25)7-9-20)31-17-26-15-21(31)16-29-10-12-30(13-11-29)24-27-22-4-2-3-5-23(22)28-24/h2-9,15,17-18H,10-13,16H2,1H3,(H,27,28). The van der Waals surface area contributed by atoms with Gasteiger partial charge in [-0.25, -0.2) is 9.97 Å². The normalized spacial score (nSPS) is 15.8. The Labute approximate surface area is 181 Å². The number of nitriles is 1. The first-order valence-electron chi connectivity index (χ1n) is 10.6. The lowest BCUT2D eigenvalue weighted by Gasteiger charge is -2.34. The number of hydrogen-bond acceptors (Lipinski definition) is 5. The van der Waals surface area contributed by atoms with Gasteiger partial charge in [0.2, 0.25) is 5.95 Å². The van der Waals surface area contributed by atoms with Crippen molar-refractivity contribution in [2.75, 3.05) is 31.1 Å². The topological polar surface area (TPSA) is 76.8 Å². The van der Waals surface area contributed by atoms with Gasteiger partial charge in [0.1, 0.15) is 0 Å². The monoisotopic (exact) mass is 411 g/mol. The Morgan fingerprint density at radius 1 is 1.06 bits per heavy atom. The van der Waals surface area contributed by atoms with Gasteiger partial charge in [-0.3, -0.25) is 4.90 Å². The molecule has 1 saturated heterocycles. The van der Waals surface area contributed by atoms with Crippen LogP contribution < -0.4 is 4.90 Å². The van der Waals surface area contributed by atoms with E-state index in [4.69, 9.17) is 10.2 Å². The molecule has 1 N–H and O–H groups in total. The van der Waals surface area contributed by atoms with Crippen molar-refractivity contribution in [3.63, 3.8) is 0 Å². The second kappa shape index (κ2) is 8.25. The summed E-state index contributed by atoms with van der Waals surface area (Å²) in [5.41, 5.74) is 5.16. The van der Waals surface area contributed by atoms with E-state index in [0.29, 0.717) is 5.56 Å². The van der Waals surface area contributed by atoms with Crippen LogP contribution in [0.25, 0.3) is 11.0 Å². The van der Waals surface area contributed by atoms with E-state index in [1.165, 1.54) is 11.3 Å². The molecule has 1 atom stereocenters. The molecule has 5 rings (SSSR count). The molecule has 0 aliphatic carbocycles. The molecule has 1 aliphatic rings. The van der Waals surface area contributed by atoms with E-state index >= 15 is 0 Å². The van der Waals surface area contributed by atoms with E-state index < -0.39 is 0 Å². The van der Waals surface area contributed by atoms with Crippen LogP contribution in [0.5, 0.6) is 0 Å². The minimum atomic E-state index is 0.169. The molecule has 7 heteroatoms. The highest BCUT2D eigenvalue weighted by Gasteiger charge is 2.21. The van der Waals surface area contributed by atoms with Crippen LogP contribution in [0.3, 0.4) is 0 Å². The van der Waals surface area contributed by atoms with Crippen LogP contribution in [-0.4, -0.2) is 50.6 Å². The largest absolute Gasteiger partial charge is 0.340 e. The maximum Gasteiger partial charge on any atom is 0.203 e. The van der Waals surface area contributed by atoms with Gasteiger partial charge in [-0.15, -0.1) is 0 Å². The summed E-state index contributed by atoms with van der Waals surface area (Å²) < 4.78 is 2.23. The van der Waals surface area contributed by atoms with E-state index in [1.807, 2.05) is 55.0 Å². The van der Waals surface area contributed by atoms with E-state index in [1.54, 1.807) is 0 Å². The van der Waals surface area contributed by atoms with Crippen LogP contribution in [-0.2, 0) is 6.54 Å². The van der Waals surface area contributed by atoms with Gasteiger partial charge < -0.3 is 14.5 Å². The zero-order chi connectivity index (χ0) is 21.2. The van der Waals surface area contributed by atoms with Crippen LogP contribution in [0, 0.1) is 11.3 Å². The molecule has 2 aromatic carbocycles. The average Bonchev–Trinajstić information content (AvgIpc) is 3.46. The number of anilines is 1. The fourth-order valence-corrected chi connectivity index (χ4v) is 4.24. The summed E-state index contributed by atoms with van der Waals surface area (Å²) in [4.78, 5) is 17.4. The number of benzene rings is 2. The van der Waals surface area contributed by atoms with Crippen molar-refractivity contribution in [2.45, 2.75) is 19.5 Å². The Hall–Kier alpha value is -3.63. The Balaban J connectivity index is 1.24. The van der Waals surface area contributed by atoms with Crippen LogP contribution >= 0.6 is 0 Å². The number of rotatable bonds is 5. The number of piperazine rings is 1. The van der Waals surface area contributed by atoms with Crippen LogP contribution in [0.4, 0.5) is 5.95 Å². The fourth-order valence-electron chi connectivity index (χ4n) is 4.24. The number of imidazole rings is 2. The van der Waals surface area contributed by atoms with Crippen molar-refractivity contribution in [3.8, 4) is 6.07 Å². The van der Waals surface area contributed by atoms with E-state index in [9.17, 15) is 0 Å². The van der Waals surface area contributed by atoms with Crippen molar-refractivity contribution in [1.82, 2.24) is 24.4 Å². The van der Waals surface area contributed by atoms with E-state index in [2.05, 4.69) is 43.4 Å². The van der Waals surface area contributed by atoms with Gasteiger partial charge in [0.25, 0.3) is 0 Å². The van der Waals surface area contributed by atoms with Gasteiger partial charge in [-0.05, 0) is 36.8 Å². The maximum absolute atomic E-state index is 9.03. The number of fused-ring (bicyclic) bond motifs is 1. The first-order chi connectivity index (χ1) is 15.2. The number of nitrogens with one attached hydrogen (secondary N) is 1. The predicted molar refractivity (Wildman–Crippen MR) is 121 cm³/mol. The lowest BCUT2D eigenvalue weighted by atomic mass is 10.1. The molecule has 1 fully saturated rings. The Morgan fingerprint density at radius 3 is 2.58 bits per heavy atom. The highest BCUT2D eigenvalue weighted by molar-refractivity contribution is 5.77. The zero-order valence-corrected chi connectivity index (χ0v) is 17.6. The quantitative estimate of drug-likeness (QED) is 0.543. The van der Waals surface area contributed by atoms with Crippen LogP contribution in [0.2, 0.25) is 0 Å². The summed E-state index contributed by atoms with van der Waals surface area (Å²) in [6.07, 6.45) is 3.87. The molecule has 0 radical (unpaired) electrons. The molecule has 0 bridgehead atoms. The molecule has 4 aromatic rings. The van der Waals surface area contributed by atoms with Gasteiger partial charge in [-0.2, -0.15) is 5.26 Å². The number of aromatic amines is 1. The summed E-state index contributed by atoms with van der Waals surface area (Å²) in [5, 5.41) is 9.03. The van der Waals surface area contributed by atoms with E-state index in [-0.39, 0.29) is 6.04 Å². The number of nitrogens with zero attached hydrogens (tertiary/aromatic N) is 6. The number of H-pyrrole nitrogens is 1. The van der Waals surface area contributed by atoms with Crippen molar-refractivity contribution in [2.24, 2.45) is 0 Å². The molecule has 0 amide bonds. The molecule has 1 aliphatic heterocycles. The maximum atomic E-state index is 9.03.